The lowest BCUT2D eigenvalue weighted by atomic mass is 9.98. The Balaban J connectivity index is 3.30. The maximum Gasteiger partial charge on any atom is 0.308 e. The lowest BCUT2D eigenvalue weighted by Gasteiger charge is -2.11. The van der Waals surface area contributed by atoms with Gasteiger partial charge in [0.05, 0.1) is 20.1 Å². The summed E-state index contributed by atoms with van der Waals surface area (Å²) >= 11 is 0. The average molecular weight is 314 g/mol. The molecular formula is C18H34O4. The fraction of sp³-hybridized carbons (Fsp3) is 0.889. The lowest BCUT2D eigenvalue weighted by Crippen LogP contribution is -2.15. The van der Waals surface area contributed by atoms with Gasteiger partial charge in [-0.2, -0.15) is 0 Å². The highest BCUT2D eigenvalue weighted by Gasteiger charge is 2.15. The van der Waals surface area contributed by atoms with Crippen molar-refractivity contribution in [1.29, 1.82) is 0 Å². The van der Waals surface area contributed by atoms with Gasteiger partial charge in [-0.3, -0.25) is 9.59 Å². The molecule has 4 nitrogen and oxygen atoms in total. The maximum absolute atomic E-state index is 11.4. The number of carbonyl (C=O) groups is 2. The van der Waals surface area contributed by atoms with E-state index in [4.69, 9.17) is 4.74 Å². The third-order valence-electron chi connectivity index (χ3n) is 4.19. The van der Waals surface area contributed by atoms with Gasteiger partial charge in [-0.25, -0.2) is 0 Å². The Morgan fingerprint density at radius 1 is 0.773 bits per heavy atom. The molecule has 0 N–H and O–H groups in total. The van der Waals surface area contributed by atoms with E-state index in [0.29, 0.717) is 6.42 Å². The molecule has 0 aliphatic carbocycles. The van der Waals surface area contributed by atoms with Crippen LogP contribution in [0, 0.1) is 5.92 Å². The molecule has 0 radical (unpaired) electrons. The van der Waals surface area contributed by atoms with Crippen LogP contribution in [-0.2, 0) is 19.1 Å². The van der Waals surface area contributed by atoms with E-state index in [9.17, 15) is 9.59 Å². The fourth-order valence-electron chi connectivity index (χ4n) is 2.65. The fourth-order valence-corrected chi connectivity index (χ4v) is 2.65. The average Bonchev–Trinajstić information content (AvgIpc) is 2.55. The van der Waals surface area contributed by atoms with Crippen LogP contribution >= 0.6 is 0 Å². The SMILES string of the molecule is CCC(CCCCCCCCCCCC(=O)OC)C(=O)OC. The van der Waals surface area contributed by atoms with Gasteiger partial charge in [0.1, 0.15) is 0 Å². The van der Waals surface area contributed by atoms with Gasteiger partial charge in [-0.1, -0.05) is 58.3 Å². The largest absolute Gasteiger partial charge is 0.469 e. The first-order valence-corrected chi connectivity index (χ1v) is 8.80. The Morgan fingerprint density at radius 3 is 1.73 bits per heavy atom. The molecule has 0 aliphatic rings. The molecular weight excluding hydrogens is 280 g/mol. The van der Waals surface area contributed by atoms with Crippen molar-refractivity contribution in [2.75, 3.05) is 14.2 Å². The summed E-state index contributed by atoms with van der Waals surface area (Å²) in [4.78, 5) is 22.4. The third-order valence-corrected chi connectivity index (χ3v) is 4.19. The Hall–Kier alpha value is -1.06. The van der Waals surface area contributed by atoms with Gasteiger partial charge in [0.25, 0.3) is 0 Å². The number of esters is 2. The van der Waals surface area contributed by atoms with E-state index in [1.165, 1.54) is 52.7 Å². The van der Waals surface area contributed by atoms with Crippen molar-refractivity contribution in [3.05, 3.63) is 0 Å². The smallest absolute Gasteiger partial charge is 0.308 e. The molecule has 0 saturated heterocycles. The van der Waals surface area contributed by atoms with Gasteiger partial charge < -0.3 is 9.47 Å². The molecule has 0 amide bonds. The molecule has 0 heterocycles. The Labute approximate surface area is 135 Å². The second kappa shape index (κ2) is 14.9. The van der Waals surface area contributed by atoms with E-state index in [0.717, 1.165) is 32.1 Å². The molecule has 0 rings (SSSR count). The minimum absolute atomic E-state index is 0.0607. The van der Waals surface area contributed by atoms with Gasteiger partial charge in [-0.05, 0) is 19.3 Å². The zero-order valence-electron chi connectivity index (χ0n) is 14.7. The number of unbranched alkanes of at least 4 members (excludes halogenated alkanes) is 8. The molecule has 0 bridgehead atoms. The Kier molecular flexibility index (Phi) is 14.1. The van der Waals surface area contributed by atoms with Gasteiger partial charge in [0, 0.05) is 6.42 Å². The summed E-state index contributed by atoms with van der Waals surface area (Å²) in [6.45, 7) is 2.04. The number of hydrogen-bond donors (Lipinski definition) is 0. The topological polar surface area (TPSA) is 52.6 Å². The zero-order valence-corrected chi connectivity index (χ0v) is 14.7. The molecule has 0 saturated carbocycles. The summed E-state index contributed by atoms with van der Waals surface area (Å²) in [5, 5.41) is 0. The second-order valence-corrected chi connectivity index (χ2v) is 5.93. The number of rotatable bonds is 14. The van der Waals surface area contributed by atoms with Gasteiger partial charge >= 0.3 is 11.9 Å². The molecule has 130 valence electrons. The van der Waals surface area contributed by atoms with E-state index in [1.807, 2.05) is 6.92 Å². The molecule has 1 atom stereocenters. The molecule has 22 heavy (non-hydrogen) atoms. The van der Waals surface area contributed by atoms with E-state index in [1.54, 1.807) is 0 Å². The molecule has 0 fully saturated rings. The zero-order chi connectivity index (χ0) is 16.6. The second-order valence-electron chi connectivity index (χ2n) is 5.93. The van der Waals surface area contributed by atoms with E-state index >= 15 is 0 Å². The normalized spacial score (nSPS) is 12.0. The minimum atomic E-state index is -0.0997. The maximum atomic E-state index is 11.4. The van der Waals surface area contributed by atoms with Crippen molar-refractivity contribution in [2.24, 2.45) is 5.92 Å². The molecule has 0 aromatic rings. The van der Waals surface area contributed by atoms with Crippen LogP contribution in [-0.4, -0.2) is 26.2 Å². The number of hydrogen-bond acceptors (Lipinski definition) is 4. The summed E-state index contributed by atoms with van der Waals surface area (Å²) in [7, 11) is 2.91. The summed E-state index contributed by atoms with van der Waals surface area (Å²) in [5.41, 5.74) is 0. The molecule has 1 unspecified atom stereocenters. The molecule has 0 aromatic carbocycles. The van der Waals surface area contributed by atoms with Gasteiger partial charge in [0.15, 0.2) is 0 Å². The first kappa shape index (κ1) is 20.9. The highest BCUT2D eigenvalue weighted by Crippen LogP contribution is 2.17. The summed E-state index contributed by atoms with van der Waals surface area (Å²) in [6.07, 6.45) is 13.0. The Morgan fingerprint density at radius 2 is 1.27 bits per heavy atom. The highest BCUT2D eigenvalue weighted by atomic mass is 16.5. The number of ether oxygens (including phenoxy) is 2. The predicted octanol–water partition coefficient (Wildman–Crippen LogP) is 4.65. The van der Waals surface area contributed by atoms with Crippen LogP contribution in [0.4, 0.5) is 0 Å². The van der Waals surface area contributed by atoms with Crippen molar-refractivity contribution in [3.63, 3.8) is 0 Å². The van der Waals surface area contributed by atoms with Crippen molar-refractivity contribution in [1.82, 2.24) is 0 Å². The quantitative estimate of drug-likeness (QED) is 0.346. The van der Waals surface area contributed by atoms with Crippen molar-refractivity contribution in [3.8, 4) is 0 Å². The van der Waals surface area contributed by atoms with Crippen LogP contribution in [0.5, 0.6) is 0 Å². The van der Waals surface area contributed by atoms with Crippen molar-refractivity contribution >= 4 is 11.9 Å². The highest BCUT2D eigenvalue weighted by molar-refractivity contribution is 5.72. The lowest BCUT2D eigenvalue weighted by molar-refractivity contribution is -0.146. The van der Waals surface area contributed by atoms with Crippen LogP contribution in [0.25, 0.3) is 0 Å². The number of carbonyl (C=O) groups excluding carboxylic acids is 2. The molecule has 0 spiro atoms. The Bertz CT molecular complexity index is 289. The van der Waals surface area contributed by atoms with Crippen LogP contribution < -0.4 is 0 Å². The standard InChI is InChI=1S/C18H34O4/c1-4-16(18(20)22-3)14-12-10-8-6-5-7-9-11-13-15-17(19)21-2/h16H,4-15H2,1-3H3. The molecule has 4 heteroatoms. The number of methoxy groups -OCH3 is 2. The van der Waals surface area contributed by atoms with Gasteiger partial charge in [-0.15, -0.1) is 0 Å². The van der Waals surface area contributed by atoms with Crippen molar-refractivity contribution < 1.29 is 19.1 Å². The minimum Gasteiger partial charge on any atom is -0.469 e. The third kappa shape index (κ3) is 11.6. The summed E-state index contributed by atoms with van der Waals surface area (Å²) in [6, 6.07) is 0. The van der Waals surface area contributed by atoms with Crippen LogP contribution in [0.2, 0.25) is 0 Å². The van der Waals surface area contributed by atoms with E-state index in [-0.39, 0.29) is 17.9 Å². The van der Waals surface area contributed by atoms with Crippen molar-refractivity contribution in [2.45, 2.75) is 84.0 Å². The van der Waals surface area contributed by atoms with E-state index < -0.39 is 0 Å². The predicted molar refractivity (Wildman–Crippen MR) is 88.6 cm³/mol. The molecule has 0 aliphatic heterocycles. The van der Waals surface area contributed by atoms with Crippen LogP contribution in [0.15, 0.2) is 0 Å². The summed E-state index contributed by atoms with van der Waals surface area (Å²) in [5.74, 6) is -0.0772. The van der Waals surface area contributed by atoms with Gasteiger partial charge in [0.2, 0.25) is 0 Å². The summed E-state index contributed by atoms with van der Waals surface area (Å²) < 4.78 is 9.41. The monoisotopic (exact) mass is 314 g/mol. The molecule has 0 aromatic heterocycles. The van der Waals surface area contributed by atoms with E-state index in [2.05, 4.69) is 4.74 Å². The first-order valence-electron chi connectivity index (χ1n) is 8.80. The first-order chi connectivity index (χ1) is 10.7. The van der Waals surface area contributed by atoms with Crippen LogP contribution in [0.3, 0.4) is 0 Å². The van der Waals surface area contributed by atoms with Crippen LogP contribution in [0.1, 0.15) is 84.0 Å².